The minimum atomic E-state index is -1.14. The molecule has 0 bridgehead atoms. The van der Waals surface area contributed by atoms with Crippen molar-refractivity contribution in [3.05, 3.63) is 71.4 Å². The number of hydrogen-bond donors (Lipinski definition) is 3. The van der Waals surface area contributed by atoms with Crippen molar-refractivity contribution in [2.45, 2.75) is 57.2 Å². The third-order valence-electron chi connectivity index (χ3n) is 7.66. The van der Waals surface area contributed by atoms with Gasteiger partial charge in [0.1, 0.15) is 17.9 Å². The summed E-state index contributed by atoms with van der Waals surface area (Å²) >= 11 is 0. The molecule has 2 heterocycles. The number of benzene rings is 2. The molecule has 3 aromatic rings. The molecule has 8 nitrogen and oxygen atoms in total. The lowest BCUT2D eigenvalue weighted by Crippen LogP contribution is -2.52. The van der Waals surface area contributed by atoms with Gasteiger partial charge < -0.3 is 15.4 Å². The fourth-order valence-corrected chi connectivity index (χ4v) is 5.74. The maximum Gasteiger partial charge on any atom is 0.248 e. The number of ether oxygens (including phenoxy) is 1. The van der Waals surface area contributed by atoms with Crippen LogP contribution >= 0.6 is 0 Å². The second-order valence-corrected chi connectivity index (χ2v) is 9.91. The molecule has 8 heteroatoms. The Labute approximate surface area is 210 Å². The van der Waals surface area contributed by atoms with Gasteiger partial charge in [-0.05, 0) is 56.0 Å². The summed E-state index contributed by atoms with van der Waals surface area (Å²) in [5.41, 5.74) is 11.0. The molecule has 3 atom stereocenters. The highest BCUT2D eigenvalue weighted by Crippen LogP contribution is 2.38. The summed E-state index contributed by atoms with van der Waals surface area (Å²) in [6.07, 6.45) is 3.70. The van der Waals surface area contributed by atoms with Crippen molar-refractivity contribution in [3.8, 4) is 5.75 Å². The number of rotatable bonds is 6. The summed E-state index contributed by atoms with van der Waals surface area (Å²) in [7, 11) is 0. The van der Waals surface area contributed by atoms with Crippen molar-refractivity contribution < 1.29 is 19.5 Å². The number of para-hydroxylation sites is 1. The SMILES string of the molecule is Cc1cc(COc2ccc(C3(N)CCN([C@@H]4CCCC[C@@H]4C(=O)NO)C3=O)cc2)c2ccccc2n1. The third kappa shape index (κ3) is 4.42. The second kappa shape index (κ2) is 9.87. The minimum absolute atomic E-state index is 0.169. The van der Waals surface area contributed by atoms with E-state index in [9.17, 15) is 9.59 Å². The van der Waals surface area contributed by atoms with Crippen LogP contribution in [0.2, 0.25) is 0 Å². The topological polar surface area (TPSA) is 118 Å². The van der Waals surface area contributed by atoms with Crippen LogP contribution in [0.4, 0.5) is 0 Å². The van der Waals surface area contributed by atoms with Crippen molar-refractivity contribution >= 4 is 22.7 Å². The number of hydrogen-bond acceptors (Lipinski definition) is 6. The van der Waals surface area contributed by atoms with Crippen LogP contribution in [-0.2, 0) is 21.7 Å². The molecule has 2 aromatic carbocycles. The predicted molar refractivity (Wildman–Crippen MR) is 135 cm³/mol. The van der Waals surface area contributed by atoms with E-state index in [4.69, 9.17) is 15.7 Å². The first-order chi connectivity index (χ1) is 17.4. The monoisotopic (exact) mass is 488 g/mol. The van der Waals surface area contributed by atoms with Crippen LogP contribution in [-0.4, -0.2) is 39.5 Å². The van der Waals surface area contributed by atoms with Gasteiger partial charge in [-0.2, -0.15) is 0 Å². The van der Waals surface area contributed by atoms with Gasteiger partial charge in [0.15, 0.2) is 0 Å². The van der Waals surface area contributed by atoms with Gasteiger partial charge in [0.05, 0.1) is 11.4 Å². The summed E-state index contributed by atoms with van der Waals surface area (Å²) in [5, 5.41) is 10.2. The van der Waals surface area contributed by atoms with E-state index in [0.717, 1.165) is 47.0 Å². The quantitative estimate of drug-likeness (QED) is 0.361. The average Bonchev–Trinajstić information content (AvgIpc) is 3.21. The number of hydroxylamine groups is 1. The van der Waals surface area contributed by atoms with E-state index in [2.05, 4.69) is 4.98 Å². The summed E-state index contributed by atoms with van der Waals surface area (Å²) in [6, 6.07) is 17.2. The van der Waals surface area contributed by atoms with Crippen LogP contribution in [0.15, 0.2) is 54.6 Å². The predicted octanol–water partition coefficient (Wildman–Crippen LogP) is 3.57. The number of fused-ring (bicyclic) bond motifs is 1. The molecule has 1 unspecified atom stereocenters. The minimum Gasteiger partial charge on any atom is -0.489 e. The summed E-state index contributed by atoms with van der Waals surface area (Å²) in [6.45, 7) is 2.86. The molecule has 2 aliphatic rings. The molecule has 1 saturated heterocycles. The van der Waals surface area contributed by atoms with E-state index >= 15 is 0 Å². The van der Waals surface area contributed by atoms with Gasteiger partial charge in [-0.1, -0.05) is 43.2 Å². The Kier molecular flexibility index (Phi) is 6.64. The number of likely N-dealkylation sites (tertiary alicyclic amines) is 1. The Morgan fingerprint density at radius 3 is 2.72 bits per heavy atom. The van der Waals surface area contributed by atoms with E-state index in [1.54, 1.807) is 10.4 Å². The van der Waals surface area contributed by atoms with Crippen LogP contribution in [0.25, 0.3) is 10.9 Å². The number of nitrogens with zero attached hydrogens (tertiary/aromatic N) is 2. The Balaban J connectivity index is 1.30. The molecule has 5 rings (SSSR count). The molecule has 1 aliphatic heterocycles. The van der Waals surface area contributed by atoms with Crippen molar-refractivity contribution in [2.24, 2.45) is 11.7 Å². The highest BCUT2D eigenvalue weighted by Gasteiger charge is 2.49. The lowest BCUT2D eigenvalue weighted by molar-refractivity contribution is -0.142. The molecule has 2 amide bonds. The van der Waals surface area contributed by atoms with Gasteiger partial charge in [0, 0.05) is 29.2 Å². The maximum absolute atomic E-state index is 13.5. The van der Waals surface area contributed by atoms with Gasteiger partial charge >= 0.3 is 0 Å². The highest BCUT2D eigenvalue weighted by molar-refractivity contribution is 5.90. The van der Waals surface area contributed by atoms with Gasteiger partial charge in [-0.15, -0.1) is 0 Å². The second-order valence-electron chi connectivity index (χ2n) is 9.91. The van der Waals surface area contributed by atoms with Crippen LogP contribution in [0.3, 0.4) is 0 Å². The van der Waals surface area contributed by atoms with Gasteiger partial charge in [-0.25, -0.2) is 5.48 Å². The summed E-state index contributed by atoms with van der Waals surface area (Å²) in [4.78, 5) is 32.1. The Bertz CT molecular complexity index is 1280. The number of aryl methyl sites for hydroxylation is 1. The van der Waals surface area contributed by atoms with Gasteiger partial charge in [-0.3, -0.25) is 19.8 Å². The lowest BCUT2D eigenvalue weighted by atomic mass is 9.82. The van der Waals surface area contributed by atoms with E-state index in [1.165, 1.54) is 0 Å². The molecule has 0 radical (unpaired) electrons. The molecular formula is C28H32N4O4. The highest BCUT2D eigenvalue weighted by atomic mass is 16.5. The fourth-order valence-electron chi connectivity index (χ4n) is 5.74. The number of nitrogens with two attached hydrogens (primary N) is 1. The number of amides is 2. The van der Waals surface area contributed by atoms with E-state index in [1.807, 2.05) is 61.5 Å². The largest absolute Gasteiger partial charge is 0.489 e. The Morgan fingerprint density at radius 1 is 1.19 bits per heavy atom. The number of carbonyl (C=O) groups excluding carboxylic acids is 2. The van der Waals surface area contributed by atoms with Crippen LogP contribution < -0.4 is 16.0 Å². The molecule has 188 valence electrons. The Hall–Kier alpha value is -3.49. The molecule has 1 aliphatic carbocycles. The molecule has 2 fully saturated rings. The third-order valence-corrected chi connectivity index (χ3v) is 7.66. The number of pyridine rings is 1. The lowest BCUT2D eigenvalue weighted by Gasteiger charge is -2.37. The molecular weight excluding hydrogens is 456 g/mol. The number of nitrogens with one attached hydrogen (secondary N) is 1. The first-order valence-corrected chi connectivity index (χ1v) is 12.5. The molecule has 1 saturated carbocycles. The number of carbonyl (C=O) groups is 2. The Morgan fingerprint density at radius 2 is 1.94 bits per heavy atom. The van der Waals surface area contributed by atoms with Crippen molar-refractivity contribution in [2.75, 3.05) is 6.54 Å². The van der Waals surface area contributed by atoms with Crippen LogP contribution in [0.1, 0.15) is 48.9 Å². The zero-order chi connectivity index (χ0) is 25.3. The van der Waals surface area contributed by atoms with E-state index < -0.39 is 17.4 Å². The standard InChI is InChI=1S/C28H32N4O4/c1-18-16-19(22-6-2-4-8-24(22)30-18)17-36-21-12-10-20(11-13-21)28(29)14-15-32(27(28)34)25-9-5-3-7-23(25)26(33)31-35/h2,4,6,8,10-13,16,23,25,35H,3,5,7,9,14-15,17,29H2,1H3,(H,31,33)/t23-,25+,28?/m0/s1. The van der Waals surface area contributed by atoms with E-state index in [-0.39, 0.29) is 11.9 Å². The summed E-state index contributed by atoms with van der Waals surface area (Å²) in [5.74, 6) is -0.327. The maximum atomic E-state index is 13.5. The smallest absolute Gasteiger partial charge is 0.248 e. The first kappa shape index (κ1) is 24.2. The van der Waals surface area contributed by atoms with E-state index in [0.29, 0.717) is 31.7 Å². The first-order valence-electron chi connectivity index (χ1n) is 12.5. The molecule has 4 N–H and O–H groups in total. The zero-order valence-electron chi connectivity index (χ0n) is 20.4. The van der Waals surface area contributed by atoms with Crippen molar-refractivity contribution in [1.82, 2.24) is 15.4 Å². The summed E-state index contributed by atoms with van der Waals surface area (Å²) < 4.78 is 6.07. The van der Waals surface area contributed by atoms with Crippen LogP contribution in [0, 0.1) is 12.8 Å². The number of aromatic nitrogens is 1. The van der Waals surface area contributed by atoms with Gasteiger partial charge in [0.25, 0.3) is 0 Å². The zero-order valence-corrected chi connectivity index (χ0v) is 20.4. The average molecular weight is 489 g/mol. The fraction of sp³-hybridized carbons (Fsp3) is 0.393. The van der Waals surface area contributed by atoms with Crippen LogP contribution in [0.5, 0.6) is 5.75 Å². The molecule has 36 heavy (non-hydrogen) atoms. The van der Waals surface area contributed by atoms with Crippen molar-refractivity contribution in [1.29, 1.82) is 0 Å². The normalized spacial score (nSPS) is 24.2. The molecule has 0 spiro atoms. The van der Waals surface area contributed by atoms with Crippen molar-refractivity contribution in [3.63, 3.8) is 0 Å². The van der Waals surface area contributed by atoms with Gasteiger partial charge in [0.2, 0.25) is 11.8 Å². The molecule has 1 aromatic heterocycles.